The zero-order chi connectivity index (χ0) is 22.9. The first-order valence-corrected chi connectivity index (χ1v) is 11.1. The predicted octanol–water partition coefficient (Wildman–Crippen LogP) is 2.24. The van der Waals surface area contributed by atoms with E-state index in [-0.39, 0.29) is 13.0 Å². The first kappa shape index (κ1) is 23.6. The van der Waals surface area contributed by atoms with Crippen LogP contribution in [0, 0.1) is 0 Å². The molecular weight excluding hydrogens is 410 g/mol. The number of amides is 3. The topological polar surface area (TPSA) is 122 Å². The number of nitrogens with one attached hydrogen (secondary N) is 1. The monoisotopic (exact) mass is 441 g/mol. The zero-order valence-corrected chi connectivity index (χ0v) is 18.4. The Kier molecular flexibility index (Phi) is 8.52. The van der Waals surface area contributed by atoms with Crippen LogP contribution in [0.15, 0.2) is 42.9 Å². The van der Waals surface area contributed by atoms with Crippen LogP contribution in [0.5, 0.6) is 0 Å². The second-order valence-corrected chi connectivity index (χ2v) is 7.99. The number of ether oxygens (including phenoxy) is 1. The van der Waals surface area contributed by atoms with Gasteiger partial charge in [-0.1, -0.05) is 43.7 Å². The van der Waals surface area contributed by atoms with Crippen molar-refractivity contribution >= 4 is 17.9 Å². The minimum Gasteiger partial charge on any atom is -0.444 e. The molecule has 172 valence electrons. The molecule has 0 bridgehead atoms. The minimum atomic E-state index is -1.09. The highest BCUT2D eigenvalue weighted by Gasteiger charge is 2.41. The Bertz CT molecular complexity index is 887. The van der Waals surface area contributed by atoms with Crippen LogP contribution in [0.1, 0.15) is 43.9 Å². The lowest BCUT2D eigenvalue weighted by Gasteiger charge is -2.28. The number of rotatable bonds is 9. The van der Waals surface area contributed by atoms with Gasteiger partial charge in [0, 0.05) is 18.3 Å². The van der Waals surface area contributed by atoms with E-state index in [1.165, 1.54) is 6.33 Å². The minimum absolute atomic E-state index is 0.0449. The summed E-state index contributed by atoms with van der Waals surface area (Å²) < 4.78 is 5.34. The van der Waals surface area contributed by atoms with Gasteiger partial charge in [-0.05, 0) is 37.9 Å². The van der Waals surface area contributed by atoms with Crippen molar-refractivity contribution in [3.63, 3.8) is 0 Å². The number of carbonyl (C=O) groups excluding carboxylic acids is 3. The molecule has 0 radical (unpaired) electrons. The number of likely N-dealkylation sites (tertiary alicyclic amines) is 1. The quantitative estimate of drug-likeness (QED) is 0.612. The molecule has 2 atom stereocenters. The van der Waals surface area contributed by atoms with Crippen LogP contribution in [-0.4, -0.2) is 62.8 Å². The molecule has 32 heavy (non-hydrogen) atoms. The highest BCUT2D eigenvalue weighted by molar-refractivity contribution is 6.11. The Labute approximate surface area is 187 Å². The van der Waals surface area contributed by atoms with Crippen LogP contribution in [0.3, 0.4) is 0 Å². The number of imide groups is 3. The number of aromatic amines is 1. The van der Waals surface area contributed by atoms with Gasteiger partial charge < -0.3 is 15.5 Å². The van der Waals surface area contributed by atoms with Crippen LogP contribution in [0.25, 0.3) is 0 Å². The lowest BCUT2D eigenvalue weighted by molar-refractivity contribution is -0.146. The molecule has 1 aromatic carbocycles. The van der Waals surface area contributed by atoms with Gasteiger partial charge in [0.2, 0.25) is 0 Å². The second-order valence-electron chi connectivity index (χ2n) is 7.99. The fourth-order valence-electron chi connectivity index (χ4n) is 3.84. The number of hydrogen-bond donors (Lipinski definition) is 2. The van der Waals surface area contributed by atoms with Crippen LogP contribution >= 0.6 is 0 Å². The summed E-state index contributed by atoms with van der Waals surface area (Å²) in [6, 6.07) is 7.47. The van der Waals surface area contributed by atoms with E-state index >= 15 is 0 Å². The number of carbonyl (C=O) groups is 3. The summed E-state index contributed by atoms with van der Waals surface area (Å²) in [4.78, 5) is 49.0. The van der Waals surface area contributed by atoms with Crippen LogP contribution in [-0.2, 0) is 27.4 Å². The summed E-state index contributed by atoms with van der Waals surface area (Å²) in [6.07, 6.45) is 5.52. The molecule has 3 amide bonds. The molecule has 1 fully saturated rings. The van der Waals surface area contributed by atoms with Crippen molar-refractivity contribution in [1.82, 2.24) is 19.8 Å². The second kappa shape index (κ2) is 11.5. The maximum absolute atomic E-state index is 13.4. The fourth-order valence-corrected chi connectivity index (χ4v) is 3.84. The zero-order valence-electron chi connectivity index (χ0n) is 18.4. The number of unbranched alkanes of at least 4 members (excludes halogenated alkanes) is 1. The molecule has 9 nitrogen and oxygen atoms in total. The fraction of sp³-hybridized carbons (Fsp3) is 0.478. The van der Waals surface area contributed by atoms with Gasteiger partial charge in [-0.15, -0.1) is 0 Å². The molecule has 0 spiro atoms. The SMILES string of the molecule is CCCCN1CCC[C@H]1C(=O)N(C(=O)OCc1ccccc1)C(=O)[C@@H](N)Cc1cnc[nH]1. The molecule has 3 rings (SSSR count). The van der Waals surface area contributed by atoms with Gasteiger partial charge in [-0.2, -0.15) is 4.90 Å². The number of nitrogens with zero attached hydrogens (tertiary/aromatic N) is 3. The molecule has 1 aliphatic heterocycles. The molecule has 9 heteroatoms. The van der Waals surface area contributed by atoms with Crippen molar-refractivity contribution in [3.8, 4) is 0 Å². The molecule has 0 aliphatic carbocycles. The molecule has 1 saturated heterocycles. The van der Waals surface area contributed by atoms with Crippen molar-refractivity contribution in [2.45, 2.75) is 57.7 Å². The number of imidazole rings is 1. The summed E-state index contributed by atoms with van der Waals surface area (Å²) in [5, 5.41) is 0. The number of benzene rings is 1. The van der Waals surface area contributed by atoms with Crippen LogP contribution in [0.2, 0.25) is 0 Å². The van der Waals surface area contributed by atoms with E-state index in [0.29, 0.717) is 17.0 Å². The van der Waals surface area contributed by atoms with E-state index in [2.05, 4.69) is 16.9 Å². The standard InChI is InChI=1S/C23H31N5O4/c1-2-3-11-27-12-7-10-20(27)22(30)28(21(29)19(24)13-18-14-25-16-26-18)23(31)32-15-17-8-5-4-6-9-17/h4-6,8-9,14,16,19-20H,2-3,7,10-13,15,24H2,1H3,(H,25,26)/t19-,20-/m0/s1. The van der Waals surface area contributed by atoms with E-state index in [4.69, 9.17) is 10.5 Å². The average molecular weight is 442 g/mol. The highest BCUT2D eigenvalue weighted by atomic mass is 16.6. The Morgan fingerprint density at radius 1 is 1.31 bits per heavy atom. The summed E-state index contributed by atoms with van der Waals surface area (Å²) >= 11 is 0. The van der Waals surface area contributed by atoms with E-state index < -0.39 is 30.0 Å². The third kappa shape index (κ3) is 6.02. The van der Waals surface area contributed by atoms with Crippen molar-refractivity contribution in [2.75, 3.05) is 13.1 Å². The van der Waals surface area contributed by atoms with Crippen molar-refractivity contribution in [1.29, 1.82) is 0 Å². The largest absolute Gasteiger partial charge is 0.444 e. The molecule has 1 aliphatic rings. The van der Waals surface area contributed by atoms with Gasteiger partial charge in [0.25, 0.3) is 11.8 Å². The van der Waals surface area contributed by atoms with Gasteiger partial charge in [-0.3, -0.25) is 14.5 Å². The van der Waals surface area contributed by atoms with E-state index in [0.717, 1.165) is 37.9 Å². The first-order chi connectivity index (χ1) is 15.5. The van der Waals surface area contributed by atoms with Gasteiger partial charge in [0.15, 0.2) is 0 Å². The Morgan fingerprint density at radius 2 is 2.09 bits per heavy atom. The Balaban J connectivity index is 1.76. The maximum atomic E-state index is 13.4. The predicted molar refractivity (Wildman–Crippen MR) is 118 cm³/mol. The van der Waals surface area contributed by atoms with E-state index in [9.17, 15) is 14.4 Å². The Hall–Kier alpha value is -3.04. The molecule has 3 N–H and O–H groups in total. The molecule has 1 aromatic heterocycles. The van der Waals surface area contributed by atoms with Gasteiger partial charge in [0.1, 0.15) is 6.61 Å². The van der Waals surface area contributed by atoms with Gasteiger partial charge >= 0.3 is 6.09 Å². The van der Waals surface area contributed by atoms with E-state index in [1.54, 1.807) is 18.3 Å². The smallest absolute Gasteiger partial charge is 0.423 e. The third-order valence-electron chi connectivity index (χ3n) is 5.59. The van der Waals surface area contributed by atoms with E-state index in [1.807, 2.05) is 23.1 Å². The van der Waals surface area contributed by atoms with Crippen molar-refractivity contribution < 1.29 is 19.1 Å². The third-order valence-corrected chi connectivity index (χ3v) is 5.59. The van der Waals surface area contributed by atoms with Gasteiger partial charge in [0.05, 0.1) is 18.4 Å². The number of hydrogen-bond acceptors (Lipinski definition) is 7. The summed E-state index contributed by atoms with van der Waals surface area (Å²) in [5.74, 6) is -1.34. The lowest BCUT2D eigenvalue weighted by Crippen LogP contribution is -2.55. The first-order valence-electron chi connectivity index (χ1n) is 11.1. The summed E-state index contributed by atoms with van der Waals surface area (Å²) in [5.41, 5.74) is 7.49. The van der Waals surface area contributed by atoms with Gasteiger partial charge in [-0.25, -0.2) is 9.78 Å². The molecule has 0 unspecified atom stereocenters. The molecule has 2 heterocycles. The maximum Gasteiger partial charge on any atom is 0.423 e. The van der Waals surface area contributed by atoms with Crippen molar-refractivity contribution in [2.24, 2.45) is 5.73 Å². The number of nitrogens with two attached hydrogens (primary N) is 1. The Morgan fingerprint density at radius 3 is 2.78 bits per heavy atom. The molecule has 0 saturated carbocycles. The normalized spacial score (nSPS) is 17.1. The van der Waals surface area contributed by atoms with Crippen LogP contribution < -0.4 is 5.73 Å². The molecule has 2 aromatic rings. The summed E-state index contributed by atoms with van der Waals surface area (Å²) in [6.45, 7) is 3.54. The average Bonchev–Trinajstić information content (AvgIpc) is 3.49. The lowest BCUT2D eigenvalue weighted by atomic mass is 10.1. The van der Waals surface area contributed by atoms with Crippen molar-refractivity contribution in [3.05, 3.63) is 54.1 Å². The summed E-state index contributed by atoms with van der Waals surface area (Å²) in [7, 11) is 0. The highest BCUT2D eigenvalue weighted by Crippen LogP contribution is 2.21. The number of aromatic nitrogens is 2. The van der Waals surface area contributed by atoms with Crippen LogP contribution in [0.4, 0.5) is 4.79 Å². The molecular formula is C23H31N5O4. The number of H-pyrrole nitrogens is 1.